The number of nitrogens with zero attached hydrogens (tertiary/aromatic N) is 1. The molecule has 1 spiro atoms. The fourth-order valence-electron chi connectivity index (χ4n) is 4.38. The number of piperazine rings is 1. The van der Waals surface area contributed by atoms with E-state index in [9.17, 15) is 9.59 Å². The van der Waals surface area contributed by atoms with Gasteiger partial charge in [-0.2, -0.15) is 0 Å². The summed E-state index contributed by atoms with van der Waals surface area (Å²) in [6.45, 7) is 2.51. The third kappa shape index (κ3) is 2.33. The second kappa shape index (κ2) is 5.38. The van der Waals surface area contributed by atoms with Gasteiger partial charge in [0.2, 0.25) is 11.8 Å². The van der Waals surface area contributed by atoms with Gasteiger partial charge in [0.05, 0.1) is 6.54 Å². The number of rotatable bonds is 1. The molecule has 3 aliphatic rings. The number of hydrogen-bond donors (Lipinski definition) is 1. The standard InChI is InChI=1S/C16H26N2O2/c1-12-7-3-4-8-13(12)18-11-14(19)17-16(15(18)20)9-5-2-6-10-16/h12-13H,2-11H2,1H3,(H,17,19). The lowest BCUT2D eigenvalue weighted by Gasteiger charge is -2.48. The van der Waals surface area contributed by atoms with E-state index in [1.54, 1.807) is 0 Å². The fourth-order valence-corrected chi connectivity index (χ4v) is 4.38. The maximum atomic E-state index is 13.0. The summed E-state index contributed by atoms with van der Waals surface area (Å²) < 4.78 is 0. The van der Waals surface area contributed by atoms with Gasteiger partial charge in [-0.3, -0.25) is 9.59 Å². The van der Waals surface area contributed by atoms with Crippen molar-refractivity contribution in [2.24, 2.45) is 5.92 Å². The Morgan fingerprint density at radius 2 is 1.75 bits per heavy atom. The molecule has 2 atom stereocenters. The van der Waals surface area contributed by atoms with Gasteiger partial charge in [0, 0.05) is 6.04 Å². The van der Waals surface area contributed by atoms with Crippen LogP contribution >= 0.6 is 0 Å². The Labute approximate surface area is 121 Å². The molecule has 4 heteroatoms. The summed E-state index contributed by atoms with van der Waals surface area (Å²) in [5, 5.41) is 3.04. The summed E-state index contributed by atoms with van der Waals surface area (Å²) in [6.07, 6.45) is 9.65. The van der Waals surface area contributed by atoms with E-state index in [1.165, 1.54) is 25.7 Å². The number of nitrogens with one attached hydrogen (secondary N) is 1. The average Bonchev–Trinajstić information content (AvgIpc) is 2.45. The smallest absolute Gasteiger partial charge is 0.249 e. The molecule has 3 rings (SSSR count). The van der Waals surface area contributed by atoms with Crippen molar-refractivity contribution < 1.29 is 9.59 Å². The van der Waals surface area contributed by atoms with E-state index >= 15 is 0 Å². The van der Waals surface area contributed by atoms with Crippen LogP contribution in [-0.2, 0) is 9.59 Å². The molecule has 0 aromatic heterocycles. The van der Waals surface area contributed by atoms with Crippen molar-refractivity contribution in [2.75, 3.05) is 6.54 Å². The Hall–Kier alpha value is -1.06. The first-order chi connectivity index (χ1) is 9.62. The molecule has 3 fully saturated rings. The predicted octanol–water partition coefficient (Wildman–Crippen LogP) is 2.23. The van der Waals surface area contributed by atoms with Gasteiger partial charge in [0.1, 0.15) is 5.54 Å². The Kier molecular flexibility index (Phi) is 3.74. The highest BCUT2D eigenvalue weighted by Crippen LogP contribution is 2.36. The van der Waals surface area contributed by atoms with Gasteiger partial charge in [-0.15, -0.1) is 0 Å². The van der Waals surface area contributed by atoms with Crippen molar-refractivity contribution in [3.63, 3.8) is 0 Å². The van der Waals surface area contributed by atoms with E-state index in [2.05, 4.69) is 12.2 Å². The van der Waals surface area contributed by atoms with Crippen molar-refractivity contribution in [1.82, 2.24) is 10.2 Å². The normalized spacial score (nSPS) is 34.1. The van der Waals surface area contributed by atoms with Crippen molar-refractivity contribution in [1.29, 1.82) is 0 Å². The SMILES string of the molecule is CC1CCCCC1N1CC(=O)NC2(CCCCC2)C1=O. The highest BCUT2D eigenvalue weighted by Gasteiger charge is 2.49. The highest BCUT2D eigenvalue weighted by molar-refractivity contribution is 5.98. The minimum Gasteiger partial charge on any atom is -0.340 e. The molecule has 1 saturated heterocycles. The lowest BCUT2D eigenvalue weighted by Crippen LogP contribution is -2.69. The molecular formula is C16H26N2O2. The minimum atomic E-state index is -0.565. The van der Waals surface area contributed by atoms with Crippen molar-refractivity contribution in [3.8, 4) is 0 Å². The molecule has 0 bridgehead atoms. The lowest BCUT2D eigenvalue weighted by atomic mass is 9.77. The Bertz CT molecular complexity index is 401. The largest absolute Gasteiger partial charge is 0.340 e. The first-order valence-corrected chi connectivity index (χ1v) is 8.24. The monoisotopic (exact) mass is 278 g/mol. The van der Waals surface area contributed by atoms with Crippen LogP contribution < -0.4 is 5.32 Å². The van der Waals surface area contributed by atoms with Crippen LogP contribution in [0.2, 0.25) is 0 Å². The molecule has 0 aromatic rings. The van der Waals surface area contributed by atoms with Crippen LogP contribution in [-0.4, -0.2) is 34.8 Å². The van der Waals surface area contributed by atoms with E-state index in [0.29, 0.717) is 5.92 Å². The van der Waals surface area contributed by atoms with Crippen LogP contribution in [0, 0.1) is 5.92 Å². The number of amides is 2. The van der Waals surface area contributed by atoms with Gasteiger partial charge >= 0.3 is 0 Å². The van der Waals surface area contributed by atoms with Crippen molar-refractivity contribution >= 4 is 11.8 Å². The number of carbonyl (C=O) groups is 2. The van der Waals surface area contributed by atoms with E-state index in [4.69, 9.17) is 0 Å². The van der Waals surface area contributed by atoms with Crippen LogP contribution in [0.15, 0.2) is 0 Å². The molecule has 4 nitrogen and oxygen atoms in total. The molecule has 1 aliphatic heterocycles. The van der Waals surface area contributed by atoms with Gasteiger partial charge in [-0.05, 0) is 31.6 Å². The molecule has 112 valence electrons. The third-order valence-electron chi connectivity index (χ3n) is 5.54. The topological polar surface area (TPSA) is 49.4 Å². The second-order valence-corrected chi connectivity index (χ2v) is 6.95. The van der Waals surface area contributed by atoms with Crippen molar-refractivity contribution in [2.45, 2.75) is 76.3 Å². The van der Waals surface area contributed by atoms with Crippen LogP contribution in [0.3, 0.4) is 0 Å². The summed E-state index contributed by atoms with van der Waals surface area (Å²) in [5.41, 5.74) is -0.565. The van der Waals surface area contributed by atoms with E-state index < -0.39 is 5.54 Å². The molecular weight excluding hydrogens is 252 g/mol. The lowest BCUT2D eigenvalue weighted by molar-refractivity contribution is -0.155. The summed E-state index contributed by atoms with van der Waals surface area (Å²) in [7, 11) is 0. The number of carbonyl (C=O) groups excluding carboxylic acids is 2. The summed E-state index contributed by atoms with van der Waals surface area (Å²) in [5.74, 6) is 0.777. The van der Waals surface area contributed by atoms with E-state index in [-0.39, 0.29) is 24.4 Å². The average molecular weight is 278 g/mol. The van der Waals surface area contributed by atoms with Gasteiger partial charge in [-0.1, -0.05) is 39.0 Å². The van der Waals surface area contributed by atoms with E-state index in [1.807, 2.05) is 4.90 Å². The quantitative estimate of drug-likeness (QED) is 0.799. The van der Waals surface area contributed by atoms with Crippen LogP contribution in [0.1, 0.15) is 64.7 Å². The zero-order chi connectivity index (χ0) is 14.2. The first kappa shape index (κ1) is 13.9. The predicted molar refractivity (Wildman–Crippen MR) is 77.1 cm³/mol. The fraction of sp³-hybridized carbons (Fsp3) is 0.875. The Morgan fingerprint density at radius 1 is 1.05 bits per heavy atom. The first-order valence-electron chi connectivity index (χ1n) is 8.24. The van der Waals surface area contributed by atoms with Crippen LogP contribution in [0.5, 0.6) is 0 Å². The molecule has 2 unspecified atom stereocenters. The molecule has 1 heterocycles. The van der Waals surface area contributed by atoms with Crippen LogP contribution in [0.4, 0.5) is 0 Å². The molecule has 20 heavy (non-hydrogen) atoms. The maximum Gasteiger partial charge on any atom is 0.249 e. The van der Waals surface area contributed by atoms with Crippen LogP contribution in [0.25, 0.3) is 0 Å². The third-order valence-corrected chi connectivity index (χ3v) is 5.54. The van der Waals surface area contributed by atoms with Gasteiger partial charge < -0.3 is 10.2 Å². The Morgan fingerprint density at radius 3 is 2.45 bits per heavy atom. The summed E-state index contributed by atoms with van der Waals surface area (Å²) in [4.78, 5) is 27.1. The molecule has 2 amide bonds. The van der Waals surface area contributed by atoms with Gasteiger partial charge in [-0.25, -0.2) is 0 Å². The zero-order valence-corrected chi connectivity index (χ0v) is 12.5. The molecule has 0 aromatic carbocycles. The molecule has 2 saturated carbocycles. The van der Waals surface area contributed by atoms with Gasteiger partial charge in [0.15, 0.2) is 0 Å². The molecule has 0 radical (unpaired) electrons. The van der Waals surface area contributed by atoms with E-state index in [0.717, 1.165) is 32.1 Å². The molecule has 1 N–H and O–H groups in total. The van der Waals surface area contributed by atoms with Gasteiger partial charge in [0.25, 0.3) is 0 Å². The second-order valence-electron chi connectivity index (χ2n) is 6.95. The molecule has 2 aliphatic carbocycles. The number of hydrogen-bond acceptors (Lipinski definition) is 2. The van der Waals surface area contributed by atoms with Crippen molar-refractivity contribution in [3.05, 3.63) is 0 Å². The Balaban J connectivity index is 1.83. The minimum absolute atomic E-state index is 0.0456. The highest BCUT2D eigenvalue weighted by atomic mass is 16.2. The zero-order valence-electron chi connectivity index (χ0n) is 12.5. The summed E-state index contributed by atoms with van der Waals surface area (Å²) >= 11 is 0. The maximum absolute atomic E-state index is 13.0. The summed E-state index contributed by atoms with van der Waals surface area (Å²) in [6, 6.07) is 0.279.